The van der Waals surface area contributed by atoms with Gasteiger partial charge in [-0.15, -0.1) is 0 Å². The van der Waals surface area contributed by atoms with Gasteiger partial charge in [-0.05, 0) is 34.1 Å². The summed E-state index contributed by atoms with van der Waals surface area (Å²) in [5, 5.41) is 2.87. The number of rotatable bonds is 5. The highest BCUT2D eigenvalue weighted by Crippen LogP contribution is 2.17. The van der Waals surface area contributed by atoms with Gasteiger partial charge >= 0.3 is 6.09 Å². The molecule has 1 amide bonds. The molecule has 20 heavy (non-hydrogen) atoms. The molecule has 6 heteroatoms. The summed E-state index contributed by atoms with van der Waals surface area (Å²) in [7, 11) is 1.73. The lowest BCUT2D eigenvalue weighted by molar-refractivity contribution is 0.0469. The molecule has 1 aliphatic rings. The van der Waals surface area contributed by atoms with E-state index >= 15 is 0 Å². The van der Waals surface area contributed by atoms with Gasteiger partial charge in [-0.2, -0.15) is 0 Å². The molecule has 1 heterocycles. The van der Waals surface area contributed by atoms with Crippen LogP contribution in [0, 0.1) is 0 Å². The Balaban J connectivity index is 2.51. The predicted octanol–water partition coefficient (Wildman–Crippen LogP) is 0.948. The Labute approximate surface area is 122 Å². The molecule has 1 fully saturated rings. The number of nitrogens with one attached hydrogen (secondary N) is 1. The molecule has 3 unspecified atom stereocenters. The van der Waals surface area contributed by atoms with Crippen molar-refractivity contribution in [3.63, 3.8) is 0 Å². The van der Waals surface area contributed by atoms with Gasteiger partial charge in [-0.1, -0.05) is 0 Å². The van der Waals surface area contributed by atoms with Crippen LogP contribution in [0.3, 0.4) is 0 Å². The summed E-state index contributed by atoms with van der Waals surface area (Å²) < 4.78 is 10.6. The standard InChI is InChI=1S/C14H29N3O3/c1-10(16-13(18)20-14(2,3)4)12(8-15)17-7-6-11(9-17)19-5/h10-12H,6-9,15H2,1-5H3,(H,16,18). The SMILES string of the molecule is COC1CCN(C(CN)C(C)NC(=O)OC(C)(C)C)C1. The molecule has 1 aliphatic heterocycles. The van der Waals surface area contributed by atoms with Gasteiger partial charge in [0.1, 0.15) is 5.60 Å². The minimum absolute atomic E-state index is 0.0644. The minimum atomic E-state index is -0.489. The van der Waals surface area contributed by atoms with Crippen LogP contribution >= 0.6 is 0 Å². The predicted molar refractivity (Wildman–Crippen MR) is 78.7 cm³/mol. The zero-order chi connectivity index (χ0) is 15.3. The number of alkyl carbamates (subject to hydrolysis) is 1. The van der Waals surface area contributed by atoms with Crippen molar-refractivity contribution < 1.29 is 14.3 Å². The fourth-order valence-corrected chi connectivity index (χ4v) is 2.51. The third-order valence-electron chi connectivity index (χ3n) is 3.54. The summed E-state index contributed by atoms with van der Waals surface area (Å²) in [4.78, 5) is 14.1. The monoisotopic (exact) mass is 287 g/mol. The van der Waals surface area contributed by atoms with Crippen molar-refractivity contribution in [1.82, 2.24) is 10.2 Å². The molecular formula is C14H29N3O3. The number of ether oxygens (including phenoxy) is 2. The number of carbonyl (C=O) groups is 1. The maximum absolute atomic E-state index is 11.8. The average molecular weight is 287 g/mol. The van der Waals surface area contributed by atoms with E-state index in [1.807, 2.05) is 27.7 Å². The summed E-state index contributed by atoms with van der Waals surface area (Å²) in [6, 6.07) is 0.0353. The van der Waals surface area contributed by atoms with Crippen molar-refractivity contribution in [2.75, 3.05) is 26.7 Å². The Morgan fingerprint density at radius 2 is 2.15 bits per heavy atom. The van der Waals surface area contributed by atoms with Gasteiger partial charge in [0.05, 0.1) is 6.10 Å². The number of carbonyl (C=O) groups excluding carboxylic acids is 1. The van der Waals surface area contributed by atoms with E-state index in [9.17, 15) is 4.79 Å². The van der Waals surface area contributed by atoms with Crippen LogP contribution in [-0.4, -0.2) is 61.5 Å². The van der Waals surface area contributed by atoms with Crippen LogP contribution in [0.15, 0.2) is 0 Å². The number of nitrogens with zero attached hydrogens (tertiary/aromatic N) is 1. The number of likely N-dealkylation sites (tertiary alicyclic amines) is 1. The summed E-state index contributed by atoms with van der Waals surface area (Å²) in [6.45, 7) is 9.80. The smallest absolute Gasteiger partial charge is 0.407 e. The summed E-state index contributed by atoms with van der Waals surface area (Å²) in [5.74, 6) is 0. The van der Waals surface area contributed by atoms with Gasteiger partial charge in [0.25, 0.3) is 0 Å². The first kappa shape index (κ1) is 17.2. The zero-order valence-electron chi connectivity index (χ0n) is 13.3. The normalized spacial score (nSPS) is 23.4. The molecule has 0 bridgehead atoms. The van der Waals surface area contributed by atoms with Gasteiger partial charge in [-0.3, -0.25) is 4.90 Å². The van der Waals surface area contributed by atoms with Crippen LogP contribution in [0.1, 0.15) is 34.1 Å². The van der Waals surface area contributed by atoms with E-state index in [1.165, 1.54) is 0 Å². The third kappa shape index (κ3) is 5.26. The molecule has 118 valence electrons. The Hall–Kier alpha value is -0.850. The number of amides is 1. The highest BCUT2D eigenvalue weighted by molar-refractivity contribution is 5.68. The third-order valence-corrected chi connectivity index (χ3v) is 3.54. The zero-order valence-corrected chi connectivity index (χ0v) is 13.3. The molecule has 1 saturated heterocycles. The molecule has 0 aliphatic carbocycles. The van der Waals surface area contributed by atoms with Crippen molar-refractivity contribution in [2.24, 2.45) is 5.73 Å². The Kier molecular flexibility index (Phi) is 6.23. The summed E-state index contributed by atoms with van der Waals surface area (Å²) in [6.07, 6.45) is 0.871. The van der Waals surface area contributed by atoms with Gasteiger partial charge in [-0.25, -0.2) is 4.79 Å². The van der Waals surface area contributed by atoms with E-state index in [4.69, 9.17) is 15.2 Å². The molecular weight excluding hydrogens is 258 g/mol. The van der Waals surface area contributed by atoms with Crippen LogP contribution < -0.4 is 11.1 Å². The van der Waals surface area contributed by atoms with Crippen molar-refractivity contribution in [2.45, 2.75) is 57.9 Å². The van der Waals surface area contributed by atoms with Gasteiger partial charge in [0.2, 0.25) is 0 Å². The van der Waals surface area contributed by atoms with Crippen molar-refractivity contribution >= 4 is 6.09 Å². The van der Waals surface area contributed by atoms with Crippen molar-refractivity contribution in [3.8, 4) is 0 Å². The maximum atomic E-state index is 11.8. The largest absolute Gasteiger partial charge is 0.444 e. The fraction of sp³-hybridized carbons (Fsp3) is 0.929. The number of hydrogen-bond acceptors (Lipinski definition) is 5. The second-order valence-electron chi connectivity index (χ2n) is 6.38. The van der Waals surface area contributed by atoms with Crippen LogP contribution in [0.5, 0.6) is 0 Å². The lowest BCUT2D eigenvalue weighted by atomic mass is 10.1. The second kappa shape index (κ2) is 7.24. The van der Waals surface area contributed by atoms with E-state index in [2.05, 4.69) is 10.2 Å². The molecule has 3 atom stereocenters. The highest BCUT2D eigenvalue weighted by Gasteiger charge is 2.31. The van der Waals surface area contributed by atoms with Crippen molar-refractivity contribution in [1.29, 1.82) is 0 Å². The van der Waals surface area contributed by atoms with Crippen LogP contribution in [-0.2, 0) is 9.47 Å². The minimum Gasteiger partial charge on any atom is -0.444 e. The van der Waals surface area contributed by atoms with E-state index < -0.39 is 11.7 Å². The van der Waals surface area contributed by atoms with Gasteiger partial charge in [0.15, 0.2) is 0 Å². The Bertz CT molecular complexity index is 317. The maximum Gasteiger partial charge on any atom is 0.407 e. The molecule has 1 rings (SSSR count). The lowest BCUT2D eigenvalue weighted by Gasteiger charge is -2.32. The van der Waals surface area contributed by atoms with E-state index in [0.29, 0.717) is 6.54 Å². The van der Waals surface area contributed by atoms with E-state index in [0.717, 1.165) is 19.5 Å². The van der Waals surface area contributed by atoms with Crippen molar-refractivity contribution in [3.05, 3.63) is 0 Å². The first-order valence-electron chi connectivity index (χ1n) is 7.23. The number of methoxy groups -OCH3 is 1. The second-order valence-corrected chi connectivity index (χ2v) is 6.38. The Morgan fingerprint density at radius 3 is 2.60 bits per heavy atom. The van der Waals surface area contributed by atoms with Gasteiger partial charge in [0, 0.05) is 38.8 Å². The van der Waals surface area contributed by atoms with Gasteiger partial charge < -0.3 is 20.5 Å². The molecule has 6 nitrogen and oxygen atoms in total. The lowest BCUT2D eigenvalue weighted by Crippen LogP contribution is -2.54. The molecule has 0 spiro atoms. The molecule has 0 aromatic carbocycles. The molecule has 3 N–H and O–H groups in total. The molecule has 0 aromatic rings. The van der Waals surface area contributed by atoms with E-state index in [-0.39, 0.29) is 18.2 Å². The first-order chi connectivity index (χ1) is 9.26. The first-order valence-corrected chi connectivity index (χ1v) is 7.23. The van der Waals surface area contributed by atoms with Crippen LogP contribution in [0.25, 0.3) is 0 Å². The number of nitrogens with two attached hydrogens (primary N) is 1. The molecule has 0 saturated carbocycles. The number of hydrogen-bond donors (Lipinski definition) is 2. The summed E-state index contributed by atoms with van der Waals surface area (Å²) in [5.41, 5.74) is 5.38. The fourth-order valence-electron chi connectivity index (χ4n) is 2.51. The topological polar surface area (TPSA) is 76.8 Å². The Morgan fingerprint density at radius 1 is 1.50 bits per heavy atom. The van der Waals surface area contributed by atoms with Crippen LogP contribution in [0.2, 0.25) is 0 Å². The van der Waals surface area contributed by atoms with E-state index in [1.54, 1.807) is 7.11 Å². The molecule has 0 radical (unpaired) electrons. The summed E-state index contributed by atoms with van der Waals surface area (Å²) >= 11 is 0. The quantitative estimate of drug-likeness (QED) is 0.787. The average Bonchev–Trinajstić information content (AvgIpc) is 2.75. The van der Waals surface area contributed by atoms with Crippen LogP contribution in [0.4, 0.5) is 4.79 Å². The molecule has 0 aromatic heterocycles. The highest BCUT2D eigenvalue weighted by atomic mass is 16.6.